The van der Waals surface area contributed by atoms with Crippen molar-refractivity contribution < 1.29 is 24.0 Å². The van der Waals surface area contributed by atoms with Crippen LogP contribution in [0.5, 0.6) is 0 Å². The number of nitrogens with zero attached hydrogens (tertiary/aromatic N) is 2. The molecule has 2 saturated heterocycles. The first-order chi connectivity index (χ1) is 27.3. The van der Waals surface area contributed by atoms with Crippen LogP contribution in [0.15, 0.2) is 97.1 Å². The van der Waals surface area contributed by atoms with E-state index in [0.717, 1.165) is 39.3 Å². The fourth-order valence-electron chi connectivity index (χ4n) is 6.78. The van der Waals surface area contributed by atoms with Crippen molar-refractivity contribution in [2.45, 2.75) is 51.4 Å². The molecule has 13 heteroatoms. The van der Waals surface area contributed by atoms with E-state index < -0.39 is 6.03 Å². The topological polar surface area (TPSA) is 164 Å². The Kier molecular flexibility index (Phi) is 14.2. The van der Waals surface area contributed by atoms with Crippen molar-refractivity contribution in [3.63, 3.8) is 0 Å². The van der Waals surface area contributed by atoms with Gasteiger partial charge in [-0.2, -0.15) is 0 Å². The molecule has 4 aromatic rings. The lowest BCUT2D eigenvalue weighted by Crippen LogP contribution is -2.32. The van der Waals surface area contributed by atoms with Crippen molar-refractivity contribution in [1.82, 2.24) is 9.80 Å². The maximum absolute atomic E-state index is 13.0. The molecule has 292 valence electrons. The molecule has 13 nitrogen and oxygen atoms in total. The molecule has 0 aromatic heterocycles. The van der Waals surface area contributed by atoms with Gasteiger partial charge in [0.25, 0.3) is 11.8 Å². The number of hydrogen-bond acceptors (Lipinski definition) is 7. The molecule has 2 fully saturated rings. The average molecular weight is 759 g/mol. The minimum atomic E-state index is -0.553. The van der Waals surface area contributed by atoms with Crippen LogP contribution in [-0.2, 0) is 9.59 Å². The third kappa shape index (κ3) is 12.5. The largest absolute Gasteiger partial charge is 0.326 e. The van der Waals surface area contributed by atoms with E-state index >= 15 is 0 Å². The van der Waals surface area contributed by atoms with Gasteiger partial charge in [0.15, 0.2) is 0 Å². The van der Waals surface area contributed by atoms with E-state index in [1.807, 2.05) is 0 Å². The average Bonchev–Trinajstić information content (AvgIpc) is 3.21. The van der Waals surface area contributed by atoms with E-state index in [4.69, 9.17) is 0 Å². The van der Waals surface area contributed by atoms with Crippen molar-refractivity contribution in [1.29, 1.82) is 0 Å². The summed E-state index contributed by atoms with van der Waals surface area (Å²) in [5.41, 5.74) is 3.88. The predicted molar refractivity (Wildman–Crippen MR) is 221 cm³/mol. The molecule has 0 spiro atoms. The highest BCUT2D eigenvalue weighted by molar-refractivity contribution is 6.07. The number of hydrogen-bond donors (Lipinski definition) is 6. The molecule has 6 N–H and O–H groups in total. The molecule has 0 aliphatic carbocycles. The van der Waals surface area contributed by atoms with Gasteiger partial charge in [0.2, 0.25) is 11.8 Å². The monoisotopic (exact) mass is 758 g/mol. The van der Waals surface area contributed by atoms with Crippen LogP contribution < -0.4 is 31.9 Å². The van der Waals surface area contributed by atoms with E-state index in [1.165, 1.54) is 38.5 Å². The zero-order valence-corrected chi connectivity index (χ0v) is 31.6. The molecular formula is C43H50N8O5. The summed E-state index contributed by atoms with van der Waals surface area (Å²) < 4.78 is 0. The highest BCUT2D eigenvalue weighted by Crippen LogP contribution is 2.20. The second-order valence-corrected chi connectivity index (χ2v) is 14.2. The van der Waals surface area contributed by atoms with Crippen molar-refractivity contribution in [2.75, 3.05) is 71.2 Å². The Balaban J connectivity index is 0.936. The van der Waals surface area contributed by atoms with Crippen LogP contribution in [0.25, 0.3) is 0 Å². The Morgan fingerprint density at radius 3 is 1.14 bits per heavy atom. The zero-order chi connectivity index (χ0) is 39.1. The SMILES string of the molecule is O=C(CCN1CCCCC1)Nc1ccc(NC(=O)c2cccc(NC(=O)Nc3cccc(C(=O)Nc4ccc(NC(=O)CCN5CCCCC5)cc4)c3)c2)cc1. The normalized spacial score (nSPS) is 14.6. The van der Waals surface area contributed by atoms with Gasteiger partial charge in [0, 0.05) is 71.2 Å². The lowest BCUT2D eigenvalue weighted by Gasteiger charge is -2.25. The zero-order valence-electron chi connectivity index (χ0n) is 31.6. The molecule has 2 aliphatic rings. The molecule has 2 aliphatic heterocycles. The maximum Gasteiger partial charge on any atom is 0.323 e. The molecule has 0 saturated carbocycles. The molecule has 0 bridgehead atoms. The predicted octanol–water partition coefficient (Wildman–Crippen LogP) is 7.46. The Bertz CT molecular complexity index is 1830. The Labute approximate surface area is 327 Å². The summed E-state index contributed by atoms with van der Waals surface area (Å²) in [6, 6.07) is 26.3. The third-order valence-corrected chi connectivity index (χ3v) is 9.83. The minimum absolute atomic E-state index is 0.0429. The van der Waals surface area contributed by atoms with Crippen LogP contribution in [0, 0.1) is 0 Å². The first-order valence-corrected chi connectivity index (χ1v) is 19.4. The highest BCUT2D eigenvalue weighted by Gasteiger charge is 2.15. The van der Waals surface area contributed by atoms with Crippen LogP contribution in [0.3, 0.4) is 0 Å². The molecule has 0 unspecified atom stereocenters. The number of urea groups is 1. The number of anilines is 6. The molecule has 0 radical (unpaired) electrons. The number of nitrogens with one attached hydrogen (secondary N) is 6. The highest BCUT2D eigenvalue weighted by atomic mass is 16.2. The molecule has 2 heterocycles. The lowest BCUT2D eigenvalue weighted by molar-refractivity contribution is -0.117. The molecule has 56 heavy (non-hydrogen) atoms. The van der Waals surface area contributed by atoms with Crippen LogP contribution in [0.2, 0.25) is 0 Å². The summed E-state index contributed by atoms with van der Waals surface area (Å²) in [5.74, 6) is -0.820. The van der Waals surface area contributed by atoms with E-state index in [0.29, 0.717) is 58.1 Å². The number of carbonyl (C=O) groups is 5. The summed E-state index contributed by atoms with van der Waals surface area (Å²) in [7, 11) is 0. The Morgan fingerprint density at radius 2 is 0.768 bits per heavy atom. The molecule has 6 amide bonds. The Morgan fingerprint density at radius 1 is 0.411 bits per heavy atom. The summed E-state index contributed by atoms with van der Waals surface area (Å²) in [4.78, 5) is 68.5. The number of likely N-dealkylation sites (tertiary alicyclic amines) is 2. The van der Waals surface area contributed by atoms with Crippen molar-refractivity contribution >= 4 is 63.8 Å². The summed E-state index contributed by atoms with van der Waals surface area (Å²) in [5, 5.41) is 17.0. The minimum Gasteiger partial charge on any atom is -0.326 e. The molecular weight excluding hydrogens is 709 g/mol. The smallest absolute Gasteiger partial charge is 0.323 e. The quantitative estimate of drug-likeness (QED) is 0.0777. The van der Waals surface area contributed by atoms with Crippen LogP contribution in [0.4, 0.5) is 38.9 Å². The van der Waals surface area contributed by atoms with Gasteiger partial charge in [-0.3, -0.25) is 19.2 Å². The summed E-state index contributed by atoms with van der Waals surface area (Å²) in [6.07, 6.45) is 8.13. The standard InChI is InChI=1S/C43H50N8O5/c52-39(21-27-50-23-3-1-4-24-50)44-33-13-17-35(18-14-33)46-41(54)31-9-7-11-37(29-31)48-43(56)49-38-12-8-10-32(30-38)42(55)47-36-19-15-34(16-20-36)45-40(53)22-28-51-25-5-2-6-26-51/h7-20,29-30H,1-6,21-28H2,(H,44,52)(H,45,53)(H,46,54)(H,47,55)(H2,48,49,56). The van der Waals surface area contributed by atoms with Gasteiger partial charge in [-0.25, -0.2) is 4.79 Å². The molecule has 6 rings (SSSR count). The number of benzene rings is 4. The fraction of sp³-hybridized carbons (Fsp3) is 0.326. The van der Waals surface area contributed by atoms with E-state index in [1.54, 1.807) is 97.1 Å². The van der Waals surface area contributed by atoms with Gasteiger partial charge < -0.3 is 41.7 Å². The van der Waals surface area contributed by atoms with E-state index in [9.17, 15) is 24.0 Å². The summed E-state index contributed by atoms with van der Waals surface area (Å²) >= 11 is 0. The number of rotatable bonds is 14. The number of piperidine rings is 2. The van der Waals surface area contributed by atoms with Gasteiger partial charge in [-0.1, -0.05) is 25.0 Å². The summed E-state index contributed by atoms with van der Waals surface area (Å²) in [6.45, 7) is 5.69. The van der Waals surface area contributed by atoms with Crippen molar-refractivity contribution in [3.05, 3.63) is 108 Å². The number of amides is 6. The molecule has 0 atom stereocenters. The first-order valence-electron chi connectivity index (χ1n) is 19.4. The van der Waals surface area contributed by atoms with Gasteiger partial charge in [-0.05, 0) is 137 Å². The van der Waals surface area contributed by atoms with Gasteiger partial charge in [-0.15, -0.1) is 0 Å². The second kappa shape index (κ2) is 20.0. The maximum atomic E-state index is 13.0. The van der Waals surface area contributed by atoms with Crippen molar-refractivity contribution in [3.8, 4) is 0 Å². The van der Waals surface area contributed by atoms with Crippen LogP contribution in [0.1, 0.15) is 72.1 Å². The van der Waals surface area contributed by atoms with Gasteiger partial charge in [0.05, 0.1) is 0 Å². The van der Waals surface area contributed by atoms with E-state index in [-0.39, 0.29) is 23.6 Å². The fourth-order valence-corrected chi connectivity index (χ4v) is 6.78. The van der Waals surface area contributed by atoms with Gasteiger partial charge in [0.1, 0.15) is 0 Å². The van der Waals surface area contributed by atoms with Crippen LogP contribution in [-0.4, -0.2) is 78.7 Å². The second-order valence-electron chi connectivity index (χ2n) is 14.2. The third-order valence-electron chi connectivity index (χ3n) is 9.83. The van der Waals surface area contributed by atoms with Gasteiger partial charge >= 0.3 is 6.03 Å². The Hall–Kier alpha value is -6.05. The molecule has 4 aromatic carbocycles. The lowest BCUT2D eigenvalue weighted by atomic mass is 10.1. The first kappa shape index (κ1) is 39.6. The van der Waals surface area contributed by atoms with Crippen molar-refractivity contribution in [2.24, 2.45) is 0 Å². The van der Waals surface area contributed by atoms with Crippen LogP contribution >= 0.6 is 0 Å². The number of carbonyl (C=O) groups excluding carboxylic acids is 5. The van der Waals surface area contributed by atoms with E-state index in [2.05, 4.69) is 41.7 Å².